The zero-order chi connectivity index (χ0) is 11.0. The summed E-state index contributed by atoms with van der Waals surface area (Å²) >= 11 is 0. The Hall–Kier alpha value is -2.36. The molecule has 0 unspecified atom stereocenters. The van der Waals surface area contributed by atoms with Crippen molar-refractivity contribution in [3.05, 3.63) is 48.9 Å². The van der Waals surface area contributed by atoms with Crippen LogP contribution in [0, 0.1) is 0 Å². The summed E-state index contributed by atoms with van der Waals surface area (Å²) in [6.07, 6.45) is 5.45. The van der Waals surface area contributed by atoms with Crippen LogP contribution in [-0.4, -0.2) is 14.4 Å². The highest BCUT2D eigenvalue weighted by Gasteiger charge is 2.06. The van der Waals surface area contributed by atoms with E-state index in [4.69, 9.17) is 5.73 Å². The molecule has 4 heteroatoms. The molecule has 0 aromatic carbocycles. The van der Waals surface area contributed by atoms with Crippen molar-refractivity contribution in [1.29, 1.82) is 0 Å². The summed E-state index contributed by atoms with van der Waals surface area (Å²) in [4.78, 5) is 8.63. The Balaban J connectivity index is 2.26. The average Bonchev–Trinajstić information content (AvgIpc) is 2.73. The van der Waals surface area contributed by atoms with E-state index >= 15 is 0 Å². The van der Waals surface area contributed by atoms with Crippen LogP contribution in [0.5, 0.6) is 0 Å². The van der Waals surface area contributed by atoms with Gasteiger partial charge in [-0.25, -0.2) is 4.98 Å². The summed E-state index contributed by atoms with van der Waals surface area (Å²) in [6, 6.07) is 9.50. The molecule has 0 saturated heterocycles. The van der Waals surface area contributed by atoms with Crippen molar-refractivity contribution in [2.75, 3.05) is 5.73 Å². The summed E-state index contributed by atoms with van der Waals surface area (Å²) in [5.41, 5.74) is 8.28. The third-order valence-corrected chi connectivity index (χ3v) is 2.45. The molecular weight excluding hydrogens is 200 g/mol. The molecule has 0 atom stereocenters. The van der Waals surface area contributed by atoms with E-state index in [1.807, 2.05) is 40.9 Å². The third kappa shape index (κ3) is 1.32. The first-order valence-electron chi connectivity index (χ1n) is 4.98. The molecule has 4 nitrogen and oxygen atoms in total. The fourth-order valence-corrected chi connectivity index (χ4v) is 1.70. The van der Waals surface area contributed by atoms with Gasteiger partial charge in [-0.15, -0.1) is 0 Å². The second-order valence-corrected chi connectivity index (χ2v) is 3.55. The number of nitrogens with two attached hydrogens (primary N) is 1. The first kappa shape index (κ1) is 8.91. The Bertz CT molecular complexity index is 628. The minimum absolute atomic E-state index is 0.736. The number of hydrogen-bond donors (Lipinski definition) is 1. The lowest BCUT2D eigenvalue weighted by Gasteiger charge is -2.00. The quantitative estimate of drug-likeness (QED) is 0.668. The van der Waals surface area contributed by atoms with Gasteiger partial charge in [-0.3, -0.25) is 9.38 Å². The second kappa shape index (κ2) is 3.34. The molecule has 3 rings (SSSR count). The van der Waals surface area contributed by atoms with Gasteiger partial charge in [0.1, 0.15) is 5.69 Å². The summed E-state index contributed by atoms with van der Waals surface area (Å²) in [7, 11) is 0. The van der Waals surface area contributed by atoms with Crippen molar-refractivity contribution in [3.63, 3.8) is 0 Å². The Kier molecular flexibility index (Phi) is 1.86. The lowest BCUT2D eigenvalue weighted by atomic mass is 10.3. The van der Waals surface area contributed by atoms with Crippen molar-refractivity contribution in [3.8, 4) is 11.5 Å². The maximum atomic E-state index is 5.72. The van der Waals surface area contributed by atoms with Crippen LogP contribution in [0.25, 0.3) is 17.0 Å². The fraction of sp³-hybridized carbons (Fsp3) is 0. The minimum Gasteiger partial charge on any atom is -0.399 e. The molecule has 0 saturated carbocycles. The predicted molar refractivity (Wildman–Crippen MR) is 62.8 cm³/mol. The molecule has 0 radical (unpaired) electrons. The molecule has 16 heavy (non-hydrogen) atoms. The molecule has 3 aromatic heterocycles. The van der Waals surface area contributed by atoms with E-state index in [0.717, 1.165) is 22.7 Å². The lowest BCUT2D eigenvalue weighted by Crippen LogP contribution is -1.92. The van der Waals surface area contributed by atoms with Crippen LogP contribution < -0.4 is 5.73 Å². The van der Waals surface area contributed by atoms with Crippen LogP contribution in [-0.2, 0) is 0 Å². The molecular formula is C12H10N4. The highest BCUT2D eigenvalue weighted by molar-refractivity contribution is 5.62. The Labute approximate surface area is 92.4 Å². The number of nitrogens with zero attached hydrogens (tertiary/aromatic N) is 3. The van der Waals surface area contributed by atoms with E-state index in [-0.39, 0.29) is 0 Å². The van der Waals surface area contributed by atoms with E-state index in [0.29, 0.717) is 0 Å². The van der Waals surface area contributed by atoms with E-state index in [2.05, 4.69) is 9.97 Å². The largest absolute Gasteiger partial charge is 0.399 e. The van der Waals surface area contributed by atoms with Gasteiger partial charge in [-0.05, 0) is 24.3 Å². The highest BCUT2D eigenvalue weighted by atomic mass is 15.0. The standard InChI is InChI=1S/C12H10N4/c13-9-4-6-16-10(7-9)8-15-12(16)11-3-1-2-5-14-11/h1-8H,13H2. The number of hydrogen-bond acceptors (Lipinski definition) is 3. The monoisotopic (exact) mass is 210 g/mol. The van der Waals surface area contributed by atoms with Crippen molar-refractivity contribution >= 4 is 11.2 Å². The Morgan fingerprint density at radius 2 is 2.06 bits per heavy atom. The number of rotatable bonds is 1. The van der Waals surface area contributed by atoms with Gasteiger partial charge in [0.2, 0.25) is 0 Å². The van der Waals surface area contributed by atoms with Crippen molar-refractivity contribution < 1.29 is 0 Å². The van der Waals surface area contributed by atoms with Gasteiger partial charge in [0.05, 0.1) is 11.7 Å². The van der Waals surface area contributed by atoms with E-state index < -0.39 is 0 Å². The molecule has 0 amide bonds. The van der Waals surface area contributed by atoms with Gasteiger partial charge in [-0.2, -0.15) is 0 Å². The van der Waals surface area contributed by atoms with Gasteiger partial charge in [0.15, 0.2) is 5.82 Å². The maximum Gasteiger partial charge on any atom is 0.163 e. The van der Waals surface area contributed by atoms with Gasteiger partial charge < -0.3 is 5.73 Å². The number of aromatic nitrogens is 3. The van der Waals surface area contributed by atoms with Crippen LogP contribution in [0.3, 0.4) is 0 Å². The van der Waals surface area contributed by atoms with Crippen LogP contribution in [0.2, 0.25) is 0 Å². The van der Waals surface area contributed by atoms with E-state index in [1.165, 1.54) is 0 Å². The highest BCUT2D eigenvalue weighted by Crippen LogP contribution is 2.18. The average molecular weight is 210 g/mol. The maximum absolute atomic E-state index is 5.72. The van der Waals surface area contributed by atoms with Gasteiger partial charge in [0, 0.05) is 18.1 Å². The van der Waals surface area contributed by atoms with Crippen LogP contribution in [0.1, 0.15) is 0 Å². The second-order valence-electron chi connectivity index (χ2n) is 3.55. The fourth-order valence-electron chi connectivity index (χ4n) is 1.70. The number of pyridine rings is 2. The van der Waals surface area contributed by atoms with E-state index in [9.17, 15) is 0 Å². The Morgan fingerprint density at radius 1 is 1.12 bits per heavy atom. The van der Waals surface area contributed by atoms with Crippen molar-refractivity contribution in [2.24, 2.45) is 0 Å². The summed E-state index contributed by atoms with van der Waals surface area (Å²) < 4.78 is 1.97. The van der Waals surface area contributed by atoms with Crippen molar-refractivity contribution in [1.82, 2.24) is 14.4 Å². The molecule has 2 N–H and O–H groups in total. The molecule has 78 valence electrons. The summed E-state index contributed by atoms with van der Waals surface area (Å²) in [5, 5.41) is 0. The normalized spacial score (nSPS) is 10.8. The number of fused-ring (bicyclic) bond motifs is 1. The van der Waals surface area contributed by atoms with Gasteiger partial charge in [0.25, 0.3) is 0 Å². The summed E-state index contributed by atoms with van der Waals surface area (Å²) in [5.74, 6) is 0.829. The molecule has 0 aliphatic carbocycles. The first-order chi connectivity index (χ1) is 7.84. The minimum atomic E-state index is 0.736. The summed E-state index contributed by atoms with van der Waals surface area (Å²) in [6.45, 7) is 0. The molecule has 0 fully saturated rings. The smallest absolute Gasteiger partial charge is 0.163 e. The Morgan fingerprint density at radius 3 is 2.88 bits per heavy atom. The van der Waals surface area contributed by atoms with E-state index in [1.54, 1.807) is 12.4 Å². The molecule has 0 spiro atoms. The molecule has 0 bridgehead atoms. The SMILES string of the molecule is Nc1ccn2c(-c3ccccn3)ncc2c1. The number of imidazole rings is 1. The van der Waals surface area contributed by atoms with Crippen molar-refractivity contribution in [2.45, 2.75) is 0 Å². The third-order valence-electron chi connectivity index (χ3n) is 2.45. The molecule has 3 aromatic rings. The predicted octanol–water partition coefficient (Wildman–Crippen LogP) is 1.98. The van der Waals surface area contributed by atoms with Gasteiger partial charge >= 0.3 is 0 Å². The lowest BCUT2D eigenvalue weighted by molar-refractivity contribution is 1.13. The topological polar surface area (TPSA) is 56.2 Å². The first-order valence-corrected chi connectivity index (χ1v) is 4.98. The van der Waals surface area contributed by atoms with Gasteiger partial charge in [-0.1, -0.05) is 6.07 Å². The van der Waals surface area contributed by atoms with Crippen LogP contribution in [0.4, 0.5) is 5.69 Å². The molecule has 3 heterocycles. The molecule has 0 aliphatic rings. The van der Waals surface area contributed by atoms with Crippen LogP contribution in [0.15, 0.2) is 48.9 Å². The number of nitrogen functional groups attached to an aromatic ring is 1. The van der Waals surface area contributed by atoms with Crippen LogP contribution >= 0.6 is 0 Å². The zero-order valence-electron chi connectivity index (χ0n) is 8.54. The zero-order valence-corrected chi connectivity index (χ0v) is 8.54. The number of anilines is 1. The molecule has 0 aliphatic heterocycles.